The summed E-state index contributed by atoms with van der Waals surface area (Å²) >= 11 is 0. The molecule has 4 aromatic rings. The fourth-order valence-electron chi connectivity index (χ4n) is 4.67. The number of fused-ring (bicyclic) bond motifs is 1. The lowest BCUT2D eigenvalue weighted by Gasteiger charge is -2.30. The van der Waals surface area contributed by atoms with Gasteiger partial charge in [0, 0.05) is 24.3 Å². The Bertz CT molecular complexity index is 1320. The molecule has 1 N–H and O–H groups in total. The Labute approximate surface area is 200 Å². The molecule has 0 saturated heterocycles. The quantitative estimate of drug-likeness (QED) is 0.373. The number of carbonyl (C=O) groups is 1. The van der Waals surface area contributed by atoms with Gasteiger partial charge in [0.25, 0.3) is 0 Å². The highest BCUT2D eigenvalue weighted by atomic mass is 16.4. The molecule has 0 bridgehead atoms. The molecule has 0 aliphatic heterocycles. The van der Waals surface area contributed by atoms with Gasteiger partial charge in [0.2, 0.25) is 0 Å². The van der Waals surface area contributed by atoms with Gasteiger partial charge in [-0.25, -0.2) is 14.8 Å². The lowest BCUT2D eigenvalue weighted by Crippen LogP contribution is -2.34. The predicted molar refractivity (Wildman–Crippen MR) is 136 cm³/mol. The summed E-state index contributed by atoms with van der Waals surface area (Å²) in [5, 5.41) is 10.1. The Morgan fingerprint density at radius 2 is 1.76 bits per heavy atom. The second-order valence-corrected chi connectivity index (χ2v) is 8.83. The van der Waals surface area contributed by atoms with Crippen molar-refractivity contribution < 1.29 is 9.90 Å². The number of nitrogens with zero attached hydrogens (tertiary/aromatic N) is 4. The lowest BCUT2D eigenvalue weighted by molar-refractivity contribution is -0.138. The van der Waals surface area contributed by atoms with E-state index in [-0.39, 0.29) is 0 Å². The van der Waals surface area contributed by atoms with Gasteiger partial charge in [0.15, 0.2) is 11.7 Å². The van der Waals surface area contributed by atoms with E-state index in [9.17, 15) is 9.90 Å². The number of benzene rings is 2. The van der Waals surface area contributed by atoms with E-state index in [1.54, 1.807) is 0 Å². The van der Waals surface area contributed by atoms with E-state index in [0.29, 0.717) is 13.1 Å². The van der Waals surface area contributed by atoms with Crippen LogP contribution in [0.15, 0.2) is 54.6 Å². The molecule has 0 fully saturated rings. The number of carboxylic acids is 1. The van der Waals surface area contributed by atoms with Crippen molar-refractivity contribution in [2.75, 3.05) is 11.4 Å². The number of carboxylic acid groups (broad SMARTS) is 1. The molecule has 0 aliphatic rings. The molecule has 4 rings (SSSR count). The summed E-state index contributed by atoms with van der Waals surface area (Å²) < 4.78 is 2.19. The van der Waals surface area contributed by atoms with Crippen molar-refractivity contribution in [1.82, 2.24) is 14.5 Å². The number of anilines is 1. The van der Waals surface area contributed by atoms with Crippen molar-refractivity contribution in [3.8, 4) is 0 Å². The van der Waals surface area contributed by atoms with E-state index in [1.165, 1.54) is 0 Å². The van der Waals surface area contributed by atoms with Crippen molar-refractivity contribution >= 4 is 22.8 Å². The SMILES string of the molecule is CCc1nc2c(C)cc(C)nc2n1Cc1ccc(N(CC)C(C(=O)O)c2cccc(C)c2)cc1. The maximum Gasteiger partial charge on any atom is 0.331 e. The zero-order chi connectivity index (χ0) is 24.4. The van der Waals surface area contributed by atoms with Crippen molar-refractivity contribution in [3.63, 3.8) is 0 Å². The Balaban J connectivity index is 1.66. The molecular formula is C28H32N4O2. The summed E-state index contributed by atoms with van der Waals surface area (Å²) in [4.78, 5) is 23.8. The molecule has 2 heterocycles. The Morgan fingerprint density at radius 3 is 2.38 bits per heavy atom. The summed E-state index contributed by atoms with van der Waals surface area (Å²) in [7, 11) is 0. The van der Waals surface area contributed by atoms with Crippen LogP contribution in [-0.4, -0.2) is 32.2 Å². The Hall–Kier alpha value is -3.67. The summed E-state index contributed by atoms with van der Waals surface area (Å²) in [6.45, 7) is 11.4. The zero-order valence-corrected chi connectivity index (χ0v) is 20.5. The van der Waals surface area contributed by atoms with Crippen LogP contribution in [0.4, 0.5) is 5.69 Å². The minimum Gasteiger partial charge on any atom is -0.479 e. The average Bonchev–Trinajstić information content (AvgIpc) is 3.15. The van der Waals surface area contributed by atoms with Gasteiger partial charge in [-0.15, -0.1) is 0 Å². The van der Waals surface area contributed by atoms with Gasteiger partial charge in [0.1, 0.15) is 11.3 Å². The molecule has 2 aromatic carbocycles. The lowest BCUT2D eigenvalue weighted by atomic mass is 10.0. The number of likely N-dealkylation sites (N-methyl/N-ethyl adjacent to an activating group) is 1. The molecule has 6 heteroatoms. The van der Waals surface area contributed by atoms with Crippen LogP contribution in [0.1, 0.15) is 53.7 Å². The molecule has 0 aliphatic carbocycles. The van der Waals surface area contributed by atoms with E-state index >= 15 is 0 Å². The molecule has 0 spiro atoms. The first-order chi connectivity index (χ1) is 16.3. The predicted octanol–water partition coefficient (Wildman–Crippen LogP) is 5.62. The van der Waals surface area contributed by atoms with Crippen molar-refractivity contribution in [3.05, 3.63) is 88.4 Å². The third kappa shape index (κ3) is 4.53. The molecule has 0 saturated carbocycles. The number of rotatable bonds is 8. The number of hydrogen-bond acceptors (Lipinski definition) is 4. The van der Waals surface area contributed by atoms with Gasteiger partial charge >= 0.3 is 5.97 Å². The first kappa shape index (κ1) is 23.5. The second-order valence-electron chi connectivity index (χ2n) is 8.83. The van der Waals surface area contributed by atoms with Crippen molar-refractivity contribution in [1.29, 1.82) is 0 Å². The van der Waals surface area contributed by atoms with Crippen molar-refractivity contribution in [2.45, 2.75) is 53.6 Å². The zero-order valence-electron chi connectivity index (χ0n) is 20.5. The molecule has 1 atom stereocenters. The largest absolute Gasteiger partial charge is 0.479 e. The molecule has 6 nitrogen and oxygen atoms in total. The topological polar surface area (TPSA) is 71.2 Å². The fraction of sp³-hybridized carbons (Fsp3) is 0.321. The van der Waals surface area contributed by atoms with Crippen LogP contribution >= 0.6 is 0 Å². The number of aryl methyl sites for hydroxylation is 4. The number of aliphatic carboxylic acids is 1. The summed E-state index contributed by atoms with van der Waals surface area (Å²) in [5.41, 5.74) is 7.84. The van der Waals surface area contributed by atoms with Crippen LogP contribution in [0.3, 0.4) is 0 Å². The molecule has 2 aromatic heterocycles. The molecular weight excluding hydrogens is 424 g/mol. The van der Waals surface area contributed by atoms with Gasteiger partial charge in [0.05, 0.1) is 6.54 Å². The van der Waals surface area contributed by atoms with Crippen LogP contribution in [0.5, 0.6) is 0 Å². The average molecular weight is 457 g/mol. The monoisotopic (exact) mass is 456 g/mol. The van der Waals surface area contributed by atoms with E-state index in [4.69, 9.17) is 9.97 Å². The third-order valence-electron chi connectivity index (χ3n) is 6.27. The van der Waals surface area contributed by atoms with Gasteiger partial charge in [-0.1, -0.05) is 48.9 Å². The maximum absolute atomic E-state index is 12.3. The van der Waals surface area contributed by atoms with E-state index in [1.807, 2.05) is 62.1 Å². The van der Waals surface area contributed by atoms with Crippen LogP contribution in [0.2, 0.25) is 0 Å². The standard InChI is InChI=1S/C28H32N4O2/c1-6-24-30-25-19(4)16-20(5)29-27(25)32(24)17-21-11-13-23(14-12-21)31(7-2)26(28(33)34)22-10-8-9-18(3)15-22/h8-16,26H,6-7,17H2,1-5H3,(H,33,34). The van der Waals surface area contributed by atoms with Gasteiger partial charge in [-0.2, -0.15) is 0 Å². The van der Waals surface area contributed by atoms with Crippen LogP contribution in [-0.2, 0) is 17.8 Å². The second kappa shape index (κ2) is 9.67. The van der Waals surface area contributed by atoms with Gasteiger partial charge < -0.3 is 14.6 Å². The van der Waals surface area contributed by atoms with Gasteiger partial charge in [-0.3, -0.25) is 0 Å². The summed E-state index contributed by atoms with van der Waals surface area (Å²) in [5.74, 6) is 0.159. The van der Waals surface area contributed by atoms with E-state index < -0.39 is 12.0 Å². The highest BCUT2D eigenvalue weighted by Gasteiger charge is 2.27. The number of imidazole rings is 1. The van der Waals surface area contributed by atoms with Crippen LogP contribution in [0.25, 0.3) is 11.2 Å². The smallest absolute Gasteiger partial charge is 0.331 e. The number of aromatic nitrogens is 3. The number of pyridine rings is 1. The molecule has 34 heavy (non-hydrogen) atoms. The minimum atomic E-state index is -0.856. The molecule has 176 valence electrons. The first-order valence-electron chi connectivity index (χ1n) is 11.8. The molecule has 1 unspecified atom stereocenters. The molecule has 0 radical (unpaired) electrons. The third-order valence-corrected chi connectivity index (χ3v) is 6.27. The van der Waals surface area contributed by atoms with E-state index in [2.05, 4.69) is 36.6 Å². The van der Waals surface area contributed by atoms with Crippen LogP contribution in [0, 0.1) is 20.8 Å². The first-order valence-corrected chi connectivity index (χ1v) is 11.8. The normalized spacial score (nSPS) is 12.1. The maximum atomic E-state index is 12.3. The van der Waals surface area contributed by atoms with Crippen LogP contribution < -0.4 is 4.90 Å². The van der Waals surface area contributed by atoms with Gasteiger partial charge in [-0.05, 0) is 62.6 Å². The Morgan fingerprint density at radius 1 is 1.03 bits per heavy atom. The molecule has 0 amide bonds. The highest BCUT2D eigenvalue weighted by molar-refractivity contribution is 5.80. The summed E-state index contributed by atoms with van der Waals surface area (Å²) in [6, 6.07) is 17.2. The highest BCUT2D eigenvalue weighted by Crippen LogP contribution is 2.29. The Kier molecular flexibility index (Phi) is 6.68. The number of hydrogen-bond donors (Lipinski definition) is 1. The summed E-state index contributed by atoms with van der Waals surface area (Å²) in [6.07, 6.45) is 0.827. The van der Waals surface area contributed by atoms with Crippen molar-refractivity contribution in [2.24, 2.45) is 0 Å². The van der Waals surface area contributed by atoms with E-state index in [0.717, 1.165) is 57.0 Å². The fourth-order valence-corrected chi connectivity index (χ4v) is 4.67. The minimum absolute atomic E-state index is 0.582.